The van der Waals surface area contributed by atoms with E-state index in [2.05, 4.69) is 30.4 Å². The number of rotatable bonds is 12. The fourth-order valence-electron chi connectivity index (χ4n) is 4.90. The van der Waals surface area contributed by atoms with Gasteiger partial charge in [0.05, 0.1) is 6.61 Å². The molecule has 0 bridgehead atoms. The van der Waals surface area contributed by atoms with Crippen molar-refractivity contribution in [3.8, 4) is 0 Å². The predicted molar refractivity (Wildman–Crippen MR) is 138 cm³/mol. The third-order valence-corrected chi connectivity index (χ3v) is 7.28. The van der Waals surface area contributed by atoms with E-state index in [0.717, 1.165) is 62.5 Å². The first-order valence-corrected chi connectivity index (χ1v) is 13.0. The first kappa shape index (κ1) is 28.7. The van der Waals surface area contributed by atoms with E-state index in [1.54, 1.807) is 6.92 Å². The minimum atomic E-state index is -0.437. The molecule has 0 saturated heterocycles. The topological polar surface area (TPSA) is 93.7 Å². The van der Waals surface area contributed by atoms with E-state index in [9.17, 15) is 14.4 Å². The molecule has 0 spiro atoms. The van der Waals surface area contributed by atoms with Gasteiger partial charge in [-0.15, -0.1) is 0 Å². The summed E-state index contributed by atoms with van der Waals surface area (Å²) in [7, 11) is 0. The van der Waals surface area contributed by atoms with E-state index in [1.807, 2.05) is 6.92 Å². The lowest BCUT2D eigenvalue weighted by molar-refractivity contribution is -0.116. The summed E-state index contributed by atoms with van der Waals surface area (Å²) in [6.45, 7) is 15.3. The largest absolute Gasteiger partial charge is 0.449 e. The summed E-state index contributed by atoms with van der Waals surface area (Å²) < 4.78 is 10.4. The van der Waals surface area contributed by atoms with Crippen molar-refractivity contribution in [1.82, 2.24) is 10.6 Å². The van der Waals surface area contributed by atoms with E-state index in [1.165, 1.54) is 6.42 Å². The van der Waals surface area contributed by atoms with Gasteiger partial charge < -0.3 is 20.1 Å². The zero-order valence-corrected chi connectivity index (χ0v) is 21.7. The lowest BCUT2D eigenvalue weighted by Crippen LogP contribution is -2.39. The molecule has 196 valence electrons. The summed E-state index contributed by atoms with van der Waals surface area (Å²) in [4.78, 5) is 35.5. The van der Waals surface area contributed by atoms with Gasteiger partial charge in [-0.1, -0.05) is 25.3 Å². The lowest BCUT2D eigenvalue weighted by atomic mass is 9.76. The summed E-state index contributed by atoms with van der Waals surface area (Å²) in [5.41, 5.74) is 2.31. The zero-order chi connectivity index (χ0) is 25.8. The van der Waals surface area contributed by atoms with Crippen molar-refractivity contribution >= 4 is 18.0 Å². The summed E-state index contributed by atoms with van der Waals surface area (Å²) >= 11 is 0. The van der Waals surface area contributed by atoms with Gasteiger partial charge in [-0.25, -0.2) is 9.59 Å². The van der Waals surface area contributed by atoms with Gasteiger partial charge in [0.1, 0.15) is 6.61 Å². The molecule has 2 aliphatic carbocycles. The van der Waals surface area contributed by atoms with Crippen LogP contribution in [-0.4, -0.2) is 43.3 Å². The van der Waals surface area contributed by atoms with Crippen molar-refractivity contribution < 1.29 is 23.9 Å². The van der Waals surface area contributed by atoms with Crippen LogP contribution >= 0.6 is 0 Å². The smallest absolute Gasteiger partial charge is 0.407 e. The Kier molecular flexibility index (Phi) is 12.1. The Morgan fingerprint density at radius 3 is 1.51 bits per heavy atom. The van der Waals surface area contributed by atoms with E-state index < -0.39 is 6.09 Å². The van der Waals surface area contributed by atoms with Crippen LogP contribution in [0, 0.1) is 11.8 Å². The van der Waals surface area contributed by atoms with Gasteiger partial charge in [0.25, 0.3) is 0 Å². The first-order valence-electron chi connectivity index (χ1n) is 13.0. The Bertz CT molecular complexity index is 710. The third-order valence-electron chi connectivity index (χ3n) is 7.28. The van der Waals surface area contributed by atoms with Crippen LogP contribution in [0.25, 0.3) is 0 Å². The molecule has 7 nitrogen and oxygen atoms in total. The van der Waals surface area contributed by atoms with Crippen LogP contribution < -0.4 is 10.6 Å². The molecule has 0 aromatic carbocycles. The van der Waals surface area contributed by atoms with Crippen LogP contribution in [0.4, 0.5) is 9.59 Å². The molecule has 2 amide bonds. The number of carbonyl (C=O) groups excluding carboxylic acids is 3. The third kappa shape index (κ3) is 11.1. The summed E-state index contributed by atoms with van der Waals surface area (Å²) in [6, 6.07) is 0.342. The molecule has 0 heterocycles. The predicted octanol–water partition coefficient (Wildman–Crippen LogP) is 6.00. The molecule has 0 unspecified atom stereocenters. The molecule has 0 aliphatic heterocycles. The molecule has 2 aliphatic rings. The Morgan fingerprint density at radius 2 is 1.11 bits per heavy atom. The van der Waals surface area contributed by atoms with Gasteiger partial charge in [0.15, 0.2) is 5.78 Å². The molecule has 0 aromatic heterocycles. The highest BCUT2D eigenvalue weighted by molar-refractivity contribution is 5.94. The molecule has 0 aromatic rings. The van der Waals surface area contributed by atoms with Crippen molar-refractivity contribution in [2.75, 3.05) is 13.2 Å². The number of hydrogen-bond acceptors (Lipinski definition) is 5. The molecule has 2 fully saturated rings. The van der Waals surface area contributed by atoms with Crippen molar-refractivity contribution in [2.24, 2.45) is 11.8 Å². The number of alkyl carbamates (subject to hydrolysis) is 2. The molecule has 2 saturated carbocycles. The molecule has 2 N–H and O–H groups in total. The maximum atomic E-state index is 12.0. The molecule has 0 atom stereocenters. The van der Waals surface area contributed by atoms with Gasteiger partial charge in [-0.05, 0) is 94.6 Å². The normalized spacial score (nSPS) is 24.1. The van der Waals surface area contributed by atoms with Crippen LogP contribution in [0.2, 0.25) is 0 Å². The number of hydrogen-bond donors (Lipinski definition) is 2. The average molecular weight is 489 g/mol. The molecule has 35 heavy (non-hydrogen) atoms. The Morgan fingerprint density at radius 1 is 0.686 bits per heavy atom. The molecule has 0 radical (unpaired) electrons. The molecular formula is C28H44N2O5. The van der Waals surface area contributed by atoms with Gasteiger partial charge in [0, 0.05) is 24.9 Å². The highest BCUT2D eigenvalue weighted by atomic mass is 16.6. The molecule has 7 heteroatoms. The van der Waals surface area contributed by atoms with E-state index in [4.69, 9.17) is 9.47 Å². The maximum absolute atomic E-state index is 12.0. The second-order valence-electron chi connectivity index (χ2n) is 10.3. The summed E-state index contributed by atoms with van der Waals surface area (Å²) in [5, 5.41) is 5.95. The zero-order valence-electron chi connectivity index (χ0n) is 21.7. The number of ether oxygens (including phenoxy) is 2. The van der Waals surface area contributed by atoms with Crippen molar-refractivity contribution in [1.29, 1.82) is 0 Å². The minimum Gasteiger partial charge on any atom is -0.449 e. The van der Waals surface area contributed by atoms with Crippen molar-refractivity contribution in [3.63, 3.8) is 0 Å². The highest BCUT2D eigenvalue weighted by Gasteiger charge is 2.28. The van der Waals surface area contributed by atoms with E-state index in [-0.39, 0.29) is 37.0 Å². The molecule has 2 rings (SSSR count). The van der Waals surface area contributed by atoms with Gasteiger partial charge >= 0.3 is 12.2 Å². The second kappa shape index (κ2) is 14.7. The fourth-order valence-corrected chi connectivity index (χ4v) is 4.90. The number of carbonyl (C=O) groups is 3. The Balaban J connectivity index is 1.55. The summed E-state index contributed by atoms with van der Waals surface area (Å²) in [5.74, 6) is 1.32. The number of ketones is 1. The standard InChI is InChI=1S/C28H44N2O5/c1-19(2)21(5)14-16-34-27(32)29-24-10-6-22(7-11-24)18-23-8-12-25(13-9-23)30-28(33)35-17-15-26(31)20(3)4/h22-25H,1,3,5-18H2,2,4H3,(H,29,32)(H,30,33). The number of nitrogens with one attached hydrogen (secondary N) is 2. The SMILES string of the molecule is C=C(C)C(=C)CCOC(=O)NC1CCC(CC2CCC(NC(=O)OCCC(=O)C(=C)C)CC2)CC1. The van der Waals surface area contributed by atoms with Crippen LogP contribution in [0.5, 0.6) is 0 Å². The van der Waals surface area contributed by atoms with E-state index in [0.29, 0.717) is 30.4 Å². The van der Waals surface area contributed by atoms with Crippen molar-refractivity contribution in [2.45, 2.75) is 96.6 Å². The van der Waals surface area contributed by atoms with Crippen LogP contribution in [0.15, 0.2) is 36.5 Å². The highest BCUT2D eigenvalue weighted by Crippen LogP contribution is 2.35. The van der Waals surface area contributed by atoms with E-state index >= 15 is 0 Å². The number of amides is 2. The fraction of sp³-hybridized carbons (Fsp3) is 0.679. The first-order chi connectivity index (χ1) is 16.6. The quantitative estimate of drug-likeness (QED) is 0.259. The number of Topliss-reactive ketones (excluding diaryl/α,β-unsaturated/α-hetero) is 1. The van der Waals surface area contributed by atoms with Crippen LogP contribution in [0.3, 0.4) is 0 Å². The Labute approximate surface area is 210 Å². The Hall–Kier alpha value is -2.57. The van der Waals surface area contributed by atoms with Gasteiger partial charge in [0.2, 0.25) is 0 Å². The van der Waals surface area contributed by atoms with Crippen LogP contribution in [0.1, 0.15) is 84.5 Å². The summed E-state index contributed by atoms with van der Waals surface area (Å²) in [6.07, 6.45) is 9.64. The van der Waals surface area contributed by atoms with Gasteiger partial charge in [-0.3, -0.25) is 4.79 Å². The average Bonchev–Trinajstić information content (AvgIpc) is 2.81. The lowest BCUT2D eigenvalue weighted by Gasteiger charge is -2.34. The monoisotopic (exact) mass is 488 g/mol. The molecular weight excluding hydrogens is 444 g/mol. The minimum absolute atomic E-state index is 0.0796. The maximum Gasteiger partial charge on any atom is 0.407 e. The number of allylic oxidation sites excluding steroid dienone is 2. The second-order valence-corrected chi connectivity index (χ2v) is 10.3. The van der Waals surface area contributed by atoms with Crippen molar-refractivity contribution in [3.05, 3.63) is 36.5 Å². The van der Waals surface area contributed by atoms with Crippen LogP contribution in [-0.2, 0) is 14.3 Å². The van der Waals surface area contributed by atoms with Gasteiger partial charge in [-0.2, -0.15) is 0 Å².